The van der Waals surface area contributed by atoms with Gasteiger partial charge in [0, 0.05) is 11.1 Å². The van der Waals surface area contributed by atoms with E-state index in [2.05, 4.69) is 74.4 Å². The quantitative estimate of drug-likeness (QED) is 0.403. The molecule has 0 heterocycles. The Balaban J connectivity index is 3.67. The molecular formula is C23H38O3. The molecule has 0 aromatic heterocycles. The van der Waals surface area contributed by atoms with Crippen LogP contribution in [0.1, 0.15) is 99.8 Å². The Labute approximate surface area is 160 Å². The van der Waals surface area contributed by atoms with Gasteiger partial charge in [0.15, 0.2) is 0 Å². The van der Waals surface area contributed by atoms with Crippen LogP contribution in [0.2, 0.25) is 0 Å². The lowest BCUT2D eigenvalue weighted by atomic mass is 9.75. The minimum atomic E-state index is -0.656. The van der Waals surface area contributed by atoms with Crippen LogP contribution in [-0.2, 0) is 21.0 Å². The van der Waals surface area contributed by atoms with Crippen LogP contribution in [0.15, 0.2) is 12.1 Å². The van der Waals surface area contributed by atoms with Crippen LogP contribution in [0, 0.1) is 0 Å². The van der Waals surface area contributed by atoms with Crippen molar-refractivity contribution in [2.45, 2.75) is 105 Å². The minimum absolute atomic E-state index is 0.00441. The van der Waals surface area contributed by atoms with Gasteiger partial charge in [0.2, 0.25) is 0 Å². The van der Waals surface area contributed by atoms with Crippen LogP contribution >= 0.6 is 0 Å². The number of ether oxygens (including phenoxy) is 2. The van der Waals surface area contributed by atoms with Crippen LogP contribution in [0.3, 0.4) is 0 Å². The fraction of sp³-hybridized carbons (Fsp3) is 0.696. The third-order valence-electron chi connectivity index (χ3n) is 4.15. The van der Waals surface area contributed by atoms with Gasteiger partial charge in [0.05, 0.1) is 0 Å². The molecule has 0 bridgehead atoms. The van der Waals surface area contributed by atoms with Crippen LogP contribution in [0.4, 0.5) is 4.79 Å². The van der Waals surface area contributed by atoms with E-state index in [0.717, 1.165) is 11.1 Å². The molecule has 0 spiro atoms. The highest BCUT2D eigenvalue weighted by molar-refractivity contribution is 5.67. The molecule has 148 valence electrons. The Hall–Kier alpha value is -1.51. The van der Waals surface area contributed by atoms with Gasteiger partial charge in [-0.2, -0.15) is 0 Å². The predicted molar refractivity (Wildman–Crippen MR) is 109 cm³/mol. The summed E-state index contributed by atoms with van der Waals surface area (Å²) in [6.07, 6.45) is -0.656. The van der Waals surface area contributed by atoms with Gasteiger partial charge in [-0.25, -0.2) is 4.79 Å². The zero-order valence-electron chi connectivity index (χ0n) is 18.9. The second-order valence-corrected chi connectivity index (χ2v) is 11.2. The van der Waals surface area contributed by atoms with Crippen molar-refractivity contribution >= 4 is 6.16 Å². The van der Waals surface area contributed by atoms with Crippen molar-refractivity contribution in [3.8, 4) is 5.75 Å². The van der Waals surface area contributed by atoms with Crippen LogP contribution in [0.5, 0.6) is 5.75 Å². The lowest BCUT2D eigenvalue weighted by molar-refractivity contribution is 0.0199. The zero-order valence-corrected chi connectivity index (χ0v) is 18.9. The summed E-state index contributed by atoms with van der Waals surface area (Å²) < 4.78 is 11.2. The molecule has 1 rings (SSSR count). The molecule has 1 aromatic carbocycles. The molecule has 0 unspecified atom stereocenters. The maximum Gasteiger partial charge on any atom is 0.514 e. The summed E-state index contributed by atoms with van der Waals surface area (Å²) in [4.78, 5) is 12.4. The summed E-state index contributed by atoms with van der Waals surface area (Å²) in [5, 5.41) is 0. The van der Waals surface area contributed by atoms with E-state index in [1.165, 1.54) is 5.56 Å². The van der Waals surface area contributed by atoms with E-state index >= 15 is 0 Å². The molecule has 0 aliphatic carbocycles. The first-order chi connectivity index (χ1) is 11.3. The fourth-order valence-electron chi connectivity index (χ4n) is 2.64. The van der Waals surface area contributed by atoms with Gasteiger partial charge < -0.3 is 9.47 Å². The monoisotopic (exact) mass is 362 g/mol. The lowest BCUT2D eigenvalue weighted by Crippen LogP contribution is -2.29. The van der Waals surface area contributed by atoms with Crippen molar-refractivity contribution < 1.29 is 14.3 Å². The number of benzene rings is 1. The molecule has 3 nitrogen and oxygen atoms in total. The van der Waals surface area contributed by atoms with Gasteiger partial charge in [-0.1, -0.05) is 74.4 Å². The highest BCUT2D eigenvalue weighted by atomic mass is 16.7. The summed E-state index contributed by atoms with van der Waals surface area (Å²) in [6, 6.07) is 4.35. The van der Waals surface area contributed by atoms with Crippen molar-refractivity contribution in [1.82, 2.24) is 0 Å². The van der Waals surface area contributed by atoms with Crippen molar-refractivity contribution in [1.29, 1.82) is 0 Å². The zero-order chi connectivity index (χ0) is 20.7. The molecule has 26 heavy (non-hydrogen) atoms. The summed E-state index contributed by atoms with van der Waals surface area (Å²) in [5.74, 6) is 0.632. The highest BCUT2D eigenvalue weighted by Crippen LogP contribution is 2.43. The van der Waals surface area contributed by atoms with E-state index in [4.69, 9.17) is 9.47 Å². The Morgan fingerprint density at radius 2 is 1.08 bits per heavy atom. The summed E-state index contributed by atoms with van der Waals surface area (Å²) in [6.45, 7) is 25.0. The molecule has 0 aliphatic heterocycles. The van der Waals surface area contributed by atoms with E-state index < -0.39 is 11.8 Å². The van der Waals surface area contributed by atoms with Gasteiger partial charge >= 0.3 is 6.16 Å². The summed E-state index contributed by atoms with van der Waals surface area (Å²) >= 11 is 0. The number of carbonyl (C=O) groups excluding carboxylic acids is 1. The molecule has 0 N–H and O–H groups in total. The molecule has 1 aromatic rings. The molecule has 3 heteroatoms. The first-order valence-corrected chi connectivity index (χ1v) is 9.43. The van der Waals surface area contributed by atoms with E-state index in [1.54, 1.807) is 0 Å². The number of hydrogen-bond acceptors (Lipinski definition) is 3. The fourth-order valence-corrected chi connectivity index (χ4v) is 2.64. The smallest absolute Gasteiger partial charge is 0.428 e. The van der Waals surface area contributed by atoms with E-state index in [0.29, 0.717) is 5.75 Å². The lowest BCUT2D eigenvalue weighted by Gasteiger charge is -2.32. The SMILES string of the molecule is CC(C)(C)OC(=O)Oc1c(C(C)(C)C)cc(C(C)(C)C)cc1C(C)(C)C. The summed E-state index contributed by atoms with van der Waals surface area (Å²) in [7, 11) is 0. The first-order valence-electron chi connectivity index (χ1n) is 9.43. The molecule has 0 atom stereocenters. The topological polar surface area (TPSA) is 35.5 Å². The average Bonchev–Trinajstić information content (AvgIpc) is 2.31. The van der Waals surface area contributed by atoms with Crippen LogP contribution in [0.25, 0.3) is 0 Å². The molecule has 0 fully saturated rings. The summed E-state index contributed by atoms with van der Waals surface area (Å²) in [5.41, 5.74) is 2.37. The largest absolute Gasteiger partial charge is 0.514 e. The van der Waals surface area contributed by atoms with Gasteiger partial charge in [-0.3, -0.25) is 0 Å². The number of carbonyl (C=O) groups is 1. The third-order valence-corrected chi connectivity index (χ3v) is 4.15. The Morgan fingerprint density at radius 3 is 1.35 bits per heavy atom. The molecular weight excluding hydrogens is 324 g/mol. The van der Waals surface area contributed by atoms with Crippen molar-refractivity contribution in [2.75, 3.05) is 0 Å². The van der Waals surface area contributed by atoms with E-state index in [9.17, 15) is 4.79 Å². The van der Waals surface area contributed by atoms with E-state index in [1.807, 2.05) is 20.8 Å². The predicted octanol–water partition coefficient (Wildman–Crippen LogP) is 6.89. The van der Waals surface area contributed by atoms with Gasteiger partial charge in [0.25, 0.3) is 0 Å². The molecule has 0 radical (unpaired) electrons. The van der Waals surface area contributed by atoms with Gasteiger partial charge in [0.1, 0.15) is 11.4 Å². The number of rotatable bonds is 1. The average molecular weight is 363 g/mol. The second-order valence-electron chi connectivity index (χ2n) is 11.2. The van der Waals surface area contributed by atoms with E-state index in [-0.39, 0.29) is 16.2 Å². The van der Waals surface area contributed by atoms with Crippen LogP contribution < -0.4 is 4.74 Å². The standard InChI is InChI=1S/C23H38O3/c1-20(2,3)15-13-16(21(4,5)6)18(17(14-15)22(7,8)9)25-19(24)26-23(10,11)12/h13-14H,1-12H3. The van der Waals surface area contributed by atoms with Gasteiger partial charge in [-0.05, 0) is 42.6 Å². The molecule has 0 saturated carbocycles. The first kappa shape index (κ1) is 22.5. The number of hydrogen-bond donors (Lipinski definition) is 0. The molecule has 0 saturated heterocycles. The maximum atomic E-state index is 12.4. The minimum Gasteiger partial charge on any atom is -0.428 e. The highest BCUT2D eigenvalue weighted by Gasteiger charge is 2.32. The van der Waals surface area contributed by atoms with Crippen LogP contribution in [-0.4, -0.2) is 11.8 Å². The normalized spacial score (nSPS) is 13.5. The maximum absolute atomic E-state index is 12.4. The molecule has 0 amide bonds. The Bertz CT molecular complexity index is 622. The second kappa shape index (κ2) is 6.90. The van der Waals surface area contributed by atoms with Crippen molar-refractivity contribution in [2.24, 2.45) is 0 Å². The third kappa shape index (κ3) is 6.03. The molecule has 0 aliphatic rings. The van der Waals surface area contributed by atoms with Crippen molar-refractivity contribution in [3.05, 3.63) is 28.8 Å². The van der Waals surface area contributed by atoms with Crippen molar-refractivity contribution in [3.63, 3.8) is 0 Å². The Kier molecular flexibility index (Phi) is 5.98. The van der Waals surface area contributed by atoms with Gasteiger partial charge in [-0.15, -0.1) is 0 Å². The Morgan fingerprint density at radius 1 is 0.692 bits per heavy atom.